The third-order valence-corrected chi connectivity index (χ3v) is 2.64. The monoisotopic (exact) mass is 282 g/mol. The summed E-state index contributed by atoms with van der Waals surface area (Å²) in [5.74, 6) is -1.12. The highest BCUT2D eigenvalue weighted by Crippen LogP contribution is 2.11. The van der Waals surface area contributed by atoms with Crippen LogP contribution >= 0.6 is 0 Å². The lowest BCUT2D eigenvalue weighted by atomic mass is 10.1. The number of carboxylic acid groups (broad SMARTS) is 1. The van der Waals surface area contributed by atoms with E-state index >= 15 is 0 Å². The topological polar surface area (TPSA) is 109 Å². The lowest BCUT2D eigenvalue weighted by Crippen LogP contribution is -2.42. The fourth-order valence-corrected chi connectivity index (χ4v) is 1.63. The molecule has 0 fully saturated rings. The summed E-state index contributed by atoms with van der Waals surface area (Å²) in [6, 6.07) is 2.27. The molecule has 3 N–H and O–H groups in total. The zero-order valence-electron chi connectivity index (χ0n) is 11.2. The van der Waals surface area contributed by atoms with Crippen molar-refractivity contribution in [1.29, 1.82) is 0 Å². The van der Waals surface area contributed by atoms with Crippen LogP contribution in [-0.4, -0.2) is 46.8 Å². The number of carbonyl (C=O) groups excluding carboxylic acids is 1. The molecule has 0 aromatic carbocycles. The summed E-state index contributed by atoms with van der Waals surface area (Å²) in [6.45, 7) is -0.104. The van der Waals surface area contributed by atoms with Crippen LogP contribution in [0.2, 0.25) is 0 Å². The molecule has 0 saturated carbocycles. The van der Waals surface area contributed by atoms with E-state index in [1.54, 1.807) is 12.1 Å². The molecule has 0 bridgehead atoms. The van der Waals surface area contributed by atoms with Gasteiger partial charge in [-0.15, -0.1) is 0 Å². The van der Waals surface area contributed by atoms with E-state index in [9.17, 15) is 9.59 Å². The molecule has 1 heterocycles. The van der Waals surface area contributed by atoms with Gasteiger partial charge in [-0.3, -0.25) is 4.79 Å². The number of aliphatic carboxylic acids is 1. The third-order valence-electron chi connectivity index (χ3n) is 2.64. The standard InChI is InChI=1S/C13H18N2O5/c1-20-12-8-9(4-5-14-12)7-10(13(18)19)15-11(17)3-2-6-16/h4-5,8,10,16H,2-3,6-7H2,1H3,(H,15,17)(H,18,19)/t10-/m0/s1. The molecule has 1 rings (SSSR count). The van der Waals surface area contributed by atoms with Crippen molar-refractivity contribution < 1.29 is 24.5 Å². The SMILES string of the molecule is COc1cc(C[C@H](NC(=O)CCCO)C(=O)O)ccn1. The number of pyridine rings is 1. The van der Waals surface area contributed by atoms with Crippen LogP contribution in [0.4, 0.5) is 0 Å². The fourth-order valence-electron chi connectivity index (χ4n) is 1.63. The molecule has 20 heavy (non-hydrogen) atoms. The maximum atomic E-state index is 11.5. The van der Waals surface area contributed by atoms with Crippen LogP contribution in [0.3, 0.4) is 0 Å². The van der Waals surface area contributed by atoms with Gasteiger partial charge in [0.2, 0.25) is 11.8 Å². The molecular formula is C13H18N2O5. The van der Waals surface area contributed by atoms with E-state index in [0.717, 1.165) is 0 Å². The molecule has 0 unspecified atom stereocenters. The van der Waals surface area contributed by atoms with Gasteiger partial charge in [0.05, 0.1) is 7.11 Å². The first-order valence-corrected chi connectivity index (χ1v) is 6.18. The second-order valence-corrected chi connectivity index (χ2v) is 4.20. The van der Waals surface area contributed by atoms with E-state index < -0.39 is 17.9 Å². The van der Waals surface area contributed by atoms with Crippen molar-refractivity contribution in [3.8, 4) is 5.88 Å². The van der Waals surface area contributed by atoms with E-state index in [0.29, 0.717) is 17.9 Å². The maximum Gasteiger partial charge on any atom is 0.326 e. The molecule has 0 aliphatic rings. The number of carboxylic acids is 1. The Morgan fingerprint density at radius 1 is 1.50 bits per heavy atom. The largest absolute Gasteiger partial charge is 0.481 e. The molecule has 110 valence electrons. The minimum Gasteiger partial charge on any atom is -0.481 e. The Hall–Kier alpha value is -2.15. The first-order chi connectivity index (χ1) is 9.56. The van der Waals surface area contributed by atoms with E-state index in [1.165, 1.54) is 13.3 Å². The zero-order valence-corrected chi connectivity index (χ0v) is 11.2. The first kappa shape index (κ1) is 15.9. The van der Waals surface area contributed by atoms with Crippen molar-refractivity contribution in [3.63, 3.8) is 0 Å². The number of nitrogens with one attached hydrogen (secondary N) is 1. The van der Waals surface area contributed by atoms with Crippen LogP contribution in [0.5, 0.6) is 5.88 Å². The van der Waals surface area contributed by atoms with Crippen LogP contribution < -0.4 is 10.1 Å². The van der Waals surface area contributed by atoms with Gasteiger partial charge >= 0.3 is 5.97 Å². The van der Waals surface area contributed by atoms with Gasteiger partial charge in [0.1, 0.15) is 6.04 Å². The van der Waals surface area contributed by atoms with Gasteiger partial charge in [-0.05, 0) is 18.1 Å². The number of aliphatic hydroxyl groups is 1. The van der Waals surface area contributed by atoms with Crippen LogP contribution in [0, 0.1) is 0 Å². The number of aromatic nitrogens is 1. The summed E-state index contributed by atoms with van der Waals surface area (Å²) in [5, 5.41) is 20.2. The summed E-state index contributed by atoms with van der Waals surface area (Å²) in [5.41, 5.74) is 0.701. The highest BCUT2D eigenvalue weighted by molar-refractivity contribution is 5.83. The Balaban J connectivity index is 2.66. The van der Waals surface area contributed by atoms with Gasteiger partial charge in [0, 0.05) is 31.7 Å². The van der Waals surface area contributed by atoms with Gasteiger partial charge in [0.25, 0.3) is 0 Å². The number of amides is 1. The van der Waals surface area contributed by atoms with Crippen LogP contribution in [0.25, 0.3) is 0 Å². The lowest BCUT2D eigenvalue weighted by Gasteiger charge is -2.14. The second kappa shape index (κ2) is 8.11. The predicted molar refractivity (Wildman–Crippen MR) is 70.4 cm³/mol. The Morgan fingerprint density at radius 2 is 2.25 bits per heavy atom. The maximum absolute atomic E-state index is 11.5. The van der Waals surface area contributed by atoms with Gasteiger partial charge in [-0.1, -0.05) is 0 Å². The van der Waals surface area contributed by atoms with Crippen LogP contribution in [0.1, 0.15) is 18.4 Å². The number of nitrogens with zero attached hydrogens (tertiary/aromatic N) is 1. The molecule has 0 spiro atoms. The molecule has 1 atom stereocenters. The van der Waals surface area contributed by atoms with Gasteiger partial charge < -0.3 is 20.3 Å². The van der Waals surface area contributed by atoms with E-state index in [-0.39, 0.29) is 19.4 Å². The third kappa shape index (κ3) is 5.23. The number of rotatable bonds is 8. The van der Waals surface area contributed by atoms with Crippen molar-refractivity contribution in [3.05, 3.63) is 23.9 Å². The molecule has 0 saturated heterocycles. The van der Waals surface area contributed by atoms with Crippen molar-refractivity contribution >= 4 is 11.9 Å². The summed E-state index contributed by atoms with van der Waals surface area (Å²) in [7, 11) is 1.47. The average molecular weight is 282 g/mol. The molecule has 1 aromatic heterocycles. The minimum atomic E-state index is -1.11. The summed E-state index contributed by atoms with van der Waals surface area (Å²) in [6.07, 6.45) is 2.06. The smallest absolute Gasteiger partial charge is 0.326 e. The summed E-state index contributed by atoms with van der Waals surface area (Å²) < 4.78 is 4.96. The molecule has 1 aromatic rings. The Morgan fingerprint density at radius 3 is 2.85 bits per heavy atom. The summed E-state index contributed by atoms with van der Waals surface area (Å²) in [4.78, 5) is 26.6. The van der Waals surface area contributed by atoms with Gasteiger partial charge in [-0.25, -0.2) is 9.78 Å². The summed E-state index contributed by atoms with van der Waals surface area (Å²) >= 11 is 0. The van der Waals surface area contributed by atoms with E-state index in [4.69, 9.17) is 14.9 Å². The second-order valence-electron chi connectivity index (χ2n) is 4.20. The van der Waals surface area contributed by atoms with Crippen molar-refractivity contribution in [2.24, 2.45) is 0 Å². The Labute approximate surface area is 116 Å². The predicted octanol–water partition coefficient (Wildman–Crippen LogP) is -0.0254. The minimum absolute atomic E-state index is 0.0972. The molecule has 7 nitrogen and oxygen atoms in total. The highest BCUT2D eigenvalue weighted by atomic mass is 16.5. The number of carbonyl (C=O) groups is 2. The van der Waals surface area contributed by atoms with E-state index in [1.807, 2.05) is 0 Å². The fraction of sp³-hybridized carbons (Fsp3) is 0.462. The first-order valence-electron chi connectivity index (χ1n) is 6.18. The number of hydrogen-bond donors (Lipinski definition) is 3. The van der Waals surface area contributed by atoms with Crippen LogP contribution in [0.15, 0.2) is 18.3 Å². The number of methoxy groups -OCH3 is 1. The number of ether oxygens (including phenoxy) is 1. The molecule has 1 amide bonds. The lowest BCUT2D eigenvalue weighted by molar-refractivity contribution is -0.141. The van der Waals surface area contributed by atoms with Gasteiger partial charge in [0.15, 0.2) is 0 Å². The zero-order chi connectivity index (χ0) is 15.0. The molecular weight excluding hydrogens is 264 g/mol. The van der Waals surface area contributed by atoms with Crippen molar-refractivity contribution in [1.82, 2.24) is 10.3 Å². The molecule has 0 aliphatic heterocycles. The van der Waals surface area contributed by atoms with Crippen LogP contribution in [-0.2, 0) is 16.0 Å². The highest BCUT2D eigenvalue weighted by Gasteiger charge is 2.20. The molecule has 7 heteroatoms. The quantitative estimate of drug-likeness (QED) is 0.618. The Bertz CT molecular complexity index is 464. The molecule has 0 aliphatic carbocycles. The Kier molecular flexibility index (Phi) is 6.45. The number of aliphatic hydroxyl groups excluding tert-OH is 1. The van der Waals surface area contributed by atoms with Crippen molar-refractivity contribution in [2.75, 3.05) is 13.7 Å². The van der Waals surface area contributed by atoms with Crippen molar-refractivity contribution in [2.45, 2.75) is 25.3 Å². The number of hydrogen-bond acceptors (Lipinski definition) is 5. The average Bonchev–Trinajstić information content (AvgIpc) is 2.44. The van der Waals surface area contributed by atoms with E-state index in [2.05, 4.69) is 10.3 Å². The normalized spacial score (nSPS) is 11.7. The molecule has 0 radical (unpaired) electrons. The van der Waals surface area contributed by atoms with Gasteiger partial charge in [-0.2, -0.15) is 0 Å².